The average Bonchev–Trinajstić information content (AvgIpc) is 2.50. The largest absolute Gasteiger partial charge is 0.205 e. The third kappa shape index (κ3) is 3.12. The van der Waals surface area contributed by atoms with Gasteiger partial charge in [0.1, 0.15) is 5.82 Å². The maximum atomic E-state index is 13.5. The highest BCUT2D eigenvalue weighted by molar-refractivity contribution is 9.09. The van der Waals surface area contributed by atoms with Crippen LogP contribution >= 0.6 is 27.5 Å². The predicted octanol–water partition coefficient (Wildman–Crippen LogP) is 6.31. The van der Waals surface area contributed by atoms with Crippen LogP contribution in [0.5, 0.6) is 0 Å². The van der Waals surface area contributed by atoms with Crippen LogP contribution in [0.2, 0.25) is 5.02 Å². The molecule has 3 aromatic rings. The van der Waals surface area contributed by atoms with Gasteiger partial charge in [0.15, 0.2) is 0 Å². The Morgan fingerprint density at radius 2 is 1.71 bits per heavy atom. The van der Waals surface area contributed by atoms with Gasteiger partial charge in [0.25, 0.3) is 0 Å². The fourth-order valence-electron chi connectivity index (χ4n) is 2.45. The molecular formula is C18H13BrClF. The van der Waals surface area contributed by atoms with Gasteiger partial charge >= 0.3 is 0 Å². The molecule has 0 spiro atoms. The number of hydrogen-bond donors (Lipinski definition) is 0. The predicted molar refractivity (Wildman–Crippen MR) is 90.7 cm³/mol. The molecule has 0 amide bonds. The lowest BCUT2D eigenvalue weighted by Gasteiger charge is -2.13. The second-order valence-electron chi connectivity index (χ2n) is 5.00. The van der Waals surface area contributed by atoms with Crippen LogP contribution in [0.3, 0.4) is 0 Å². The SMILES string of the molecule is Fc1cccc(C(Br)Cc2ccc3ccccc3c2)c1Cl. The molecule has 3 heteroatoms. The van der Waals surface area contributed by atoms with Crippen molar-refractivity contribution in [2.45, 2.75) is 11.2 Å². The molecule has 0 nitrogen and oxygen atoms in total. The molecule has 0 heterocycles. The van der Waals surface area contributed by atoms with Crippen molar-refractivity contribution in [3.63, 3.8) is 0 Å². The highest BCUT2D eigenvalue weighted by atomic mass is 79.9. The standard InChI is InChI=1S/C18H13BrClF/c19-16(15-6-3-7-17(21)18(15)20)11-12-8-9-13-4-1-2-5-14(13)10-12/h1-10,16H,11H2. The topological polar surface area (TPSA) is 0 Å². The van der Waals surface area contributed by atoms with Gasteiger partial charge in [-0.2, -0.15) is 0 Å². The average molecular weight is 364 g/mol. The van der Waals surface area contributed by atoms with Gasteiger partial charge < -0.3 is 0 Å². The van der Waals surface area contributed by atoms with Crippen LogP contribution < -0.4 is 0 Å². The first kappa shape index (κ1) is 14.6. The summed E-state index contributed by atoms with van der Waals surface area (Å²) < 4.78 is 13.5. The zero-order valence-electron chi connectivity index (χ0n) is 11.2. The number of rotatable bonds is 3. The first-order valence-electron chi connectivity index (χ1n) is 6.71. The minimum Gasteiger partial charge on any atom is -0.205 e. The minimum absolute atomic E-state index is 0.0122. The molecule has 106 valence electrons. The van der Waals surface area contributed by atoms with Crippen molar-refractivity contribution < 1.29 is 4.39 Å². The highest BCUT2D eigenvalue weighted by Gasteiger charge is 2.14. The van der Waals surface area contributed by atoms with Gasteiger partial charge in [0, 0.05) is 4.83 Å². The maximum Gasteiger partial charge on any atom is 0.142 e. The lowest BCUT2D eigenvalue weighted by Crippen LogP contribution is -1.97. The van der Waals surface area contributed by atoms with E-state index in [2.05, 4.69) is 46.3 Å². The van der Waals surface area contributed by atoms with Crippen LogP contribution in [0.4, 0.5) is 4.39 Å². The first-order valence-corrected chi connectivity index (χ1v) is 8.00. The molecule has 0 N–H and O–H groups in total. The second-order valence-corrected chi connectivity index (χ2v) is 6.48. The zero-order chi connectivity index (χ0) is 14.8. The Kier molecular flexibility index (Phi) is 4.27. The Labute approximate surface area is 136 Å². The molecule has 1 unspecified atom stereocenters. The van der Waals surface area contributed by atoms with E-state index in [9.17, 15) is 4.39 Å². The first-order chi connectivity index (χ1) is 10.1. The van der Waals surface area contributed by atoms with E-state index >= 15 is 0 Å². The summed E-state index contributed by atoms with van der Waals surface area (Å²) in [5.74, 6) is -0.378. The van der Waals surface area contributed by atoms with Gasteiger partial charge in [-0.1, -0.05) is 82.1 Å². The molecule has 0 fully saturated rings. The number of hydrogen-bond acceptors (Lipinski definition) is 0. The Balaban J connectivity index is 1.89. The van der Waals surface area contributed by atoms with Gasteiger partial charge in [-0.05, 0) is 34.4 Å². The summed E-state index contributed by atoms with van der Waals surface area (Å²) in [6.45, 7) is 0. The summed E-state index contributed by atoms with van der Waals surface area (Å²) in [5.41, 5.74) is 1.97. The summed E-state index contributed by atoms with van der Waals surface area (Å²) in [5, 5.41) is 2.62. The zero-order valence-corrected chi connectivity index (χ0v) is 13.5. The summed E-state index contributed by atoms with van der Waals surface area (Å²) in [7, 11) is 0. The summed E-state index contributed by atoms with van der Waals surface area (Å²) in [4.78, 5) is -0.0122. The molecule has 0 aliphatic heterocycles. The van der Waals surface area contributed by atoms with E-state index in [1.807, 2.05) is 18.2 Å². The monoisotopic (exact) mass is 362 g/mol. The summed E-state index contributed by atoms with van der Waals surface area (Å²) in [6.07, 6.45) is 0.758. The van der Waals surface area contributed by atoms with Crippen molar-refractivity contribution in [3.05, 3.63) is 82.6 Å². The van der Waals surface area contributed by atoms with E-state index in [0.29, 0.717) is 0 Å². The maximum absolute atomic E-state index is 13.5. The Bertz CT molecular complexity index is 785. The van der Waals surface area contributed by atoms with Crippen molar-refractivity contribution in [3.8, 4) is 0 Å². The quantitative estimate of drug-likeness (QED) is 0.478. The van der Waals surface area contributed by atoms with Gasteiger partial charge in [-0.25, -0.2) is 4.39 Å². The van der Waals surface area contributed by atoms with E-state index < -0.39 is 0 Å². The van der Waals surface area contributed by atoms with E-state index in [4.69, 9.17) is 11.6 Å². The van der Waals surface area contributed by atoms with Crippen molar-refractivity contribution in [1.82, 2.24) is 0 Å². The summed E-state index contributed by atoms with van der Waals surface area (Å²) in [6, 6.07) is 19.5. The van der Waals surface area contributed by atoms with Gasteiger partial charge in [-0.15, -0.1) is 0 Å². The molecule has 0 bridgehead atoms. The molecule has 1 atom stereocenters. The minimum atomic E-state index is -0.378. The van der Waals surface area contributed by atoms with Gasteiger partial charge in [0.05, 0.1) is 5.02 Å². The molecule has 0 aliphatic rings. The molecular weight excluding hydrogens is 351 g/mol. The smallest absolute Gasteiger partial charge is 0.142 e. The van der Waals surface area contributed by atoms with Crippen molar-refractivity contribution in [1.29, 1.82) is 0 Å². The fraction of sp³-hybridized carbons (Fsp3) is 0.111. The van der Waals surface area contributed by atoms with Crippen LogP contribution in [0.25, 0.3) is 10.8 Å². The van der Waals surface area contributed by atoms with E-state index in [-0.39, 0.29) is 15.7 Å². The molecule has 3 aromatic carbocycles. The lowest BCUT2D eigenvalue weighted by atomic mass is 10.0. The summed E-state index contributed by atoms with van der Waals surface area (Å²) >= 11 is 9.67. The second kappa shape index (κ2) is 6.17. The number of benzene rings is 3. The van der Waals surface area contributed by atoms with Crippen molar-refractivity contribution in [2.24, 2.45) is 0 Å². The van der Waals surface area contributed by atoms with E-state index in [0.717, 1.165) is 12.0 Å². The van der Waals surface area contributed by atoms with Gasteiger partial charge in [0.2, 0.25) is 0 Å². The number of halogens is 3. The van der Waals surface area contributed by atoms with Crippen molar-refractivity contribution in [2.75, 3.05) is 0 Å². The van der Waals surface area contributed by atoms with Crippen LogP contribution in [0, 0.1) is 5.82 Å². The van der Waals surface area contributed by atoms with Crippen molar-refractivity contribution >= 4 is 38.3 Å². The van der Waals surface area contributed by atoms with E-state index in [1.165, 1.54) is 22.4 Å². The van der Waals surface area contributed by atoms with Crippen LogP contribution in [-0.4, -0.2) is 0 Å². The molecule has 0 aliphatic carbocycles. The normalized spacial score (nSPS) is 12.5. The van der Waals surface area contributed by atoms with Crippen LogP contribution in [0.15, 0.2) is 60.7 Å². The third-order valence-corrected chi connectivity index (χ3v) is 4.76. The molecule has 0 saturated heterocycles. The Morgan fingerprint density at radius 1 is 0.952 bits per heavy atom. The number of alkyl halides is 1. The van der Waals surface area contributed by atoms with Gasteiger partial charge in [-0.3, -0.25) is 0 Å². The third-order valence-electron chi connectivity index (χ3n) is 3.55. The Hall–Kier alpha value is -1.38. The Morgan fingerprint density at radius 3 is 2.52 bits per heavy atom. The molecule has 3 rings (SSSR count). The van der Waals surface area contributed by atoms with Crippen LogP contribution in [-0.2, 0) is 6.42 Å². The fourth-order valence-corrected chi connectivity index (χ4v) is 3.59. The highest BCUT2D eigenvalue weighted by Crippen LogP contribution is 2.34. The molecule has 21 heavy (non-hydrogen) atoms. The molecule has 0 radical (unpaired) electrons. The molecule has 0 aromatic heterocycles. The lowest BCUT2D eigenvalue weighted by molar-refractivity contribution is 0.625. The van der Waals surface area contributed by atoms with E-state index in [1.54, 1.807) is 6.07 Å². The molecule has 0 saturated carbocycles. The number of fused-ring (bicyclic) bond motifs is 1. The van der Waals surface area contributed by atoms with Crippen LogP contribution in [0.1, 0.15) is 16.0 Å².